The maximum Gasteiger partial charge on any atom is 0.315 e. The number of amides is 2. The van der Waals surface area contributed by atoms with E-state index in [2.05, 4.69) is 20.7 Å². The molecular weight excluding hydrogens is 238 g/mol. The molecule has 1 aromatic heterocycles. The summed E-state index contributed by atoms with van der Waals surface area (Å²) in [6.45, 7) is 3.37. The number of aromatic nitrogens is 3. The van der Waals surface area contributed by atoms with Crippen molar-refractivity contribution >= 4 is 12.0 Å². The van der Waals surface area contributed by atoms with E-state index in [1.165, 1.54) is 17.9 Å². The van der Waals surface area contributed by atoms with Crippen LogP contribution in [0.3, 0.4) is 0 Å². The average molecular weight is 255 g/mol. The van der Waals surface area contributed by atoms with Crippen LogP contribution in [-0.4, -0.2) is 37.9 Å². The molecule has 3 N–H and O–H groups in total. The van der Waals surface area contributed by atoms with Gasteiger partial charge in [-0.2, -0.15) is 5.10 Å². The molecule has 1 aromatic rings. The van der Waals surface area contributed by atoms with Crippen LogP contribution in [0.1, 0.15) is 19.7 Å². The summed E-state index contributed by atoms with van der Waals surface area (Å²) in [5.74, 6) is -1.11. The molecule has 2 unspecified atom stereocenters. The second kappa shape index (κ2) is 5.99. The zero-order valence-corrected chi connectivity index (χ0v) is 10.5. The first-order chi connectivity index (χ1) is 8.40. The van der Waals surface area contributed by atoms with Crippen LogP contribution in [0.5, 0.6) is 0 Å². The van der Waals surface area contributed by atoms with Gasteiger partial charge in [0.15, 0.2) is 5.82 Å². The Bertz CT molecular complexity index is 431. The topological polar surface area (TPSA) is 109 Å². The van der Waals surface area contributed by atoms with Crippen LogP contribution in [0.15, 0.2) is 6.33 Å². The standard InChI is InChI=1S/C10H17N5O3/c1-6(9(16)17)7(2)13-10(18)11-4-8-12-5-15(3)14-8/h5-7H,4H2,1-3H3,(H,16,17)(H2,11,13,18). The van der Waals surface area contributed by atoms with Crippen LogP contribution in [-0.2, 0) is 18.4 Å². The van der Waals surface area contributed by atoms with Gasteiger partial charge in [0.05, 0.1) is 12.5 Å². The van der Waals surface area contributed by atoms with Gasteiger partial charge in [-0.1, -0.05) is 0 Å². The minimum absolute atomic E-state index is 0.195. The fourth-order valence-corrected chi connectivity index (χ4v) is 1.22. The van der Waals surface area contributed by atoms with Crippen LogP contribution in [0.4, 0.5) is 4.79 Å². The molecule has 1 heterocycles. The molecule has 8 heteroatoms. The number of carbonyl (C=O) groups is 2. The molecule has 0 aliphatic heterocycles. The number of carboxylic acid groups (broad SMARTS) is 1. The number of carboxylic acids is 1. The molecule has 8 nitrogen and oxygen atoms in total. The molecule has 0 fully saturated rings. The number of aliphatic carboxylic acids is 1. The Labute approximate surface area is 104 Å². The van der Waals surface area contributed by atoms with Gasteiger partial charge in [-0.3, -0.25) is 9.48 Å². The molecule has 0 spiro atoms. The van der Waals surface area contributed by atoms with E-state index >= 15 is 0 Å². The minimum atomic E-state index is -0.950. The van der Waals surface area contributed by atoms with Crippen molar-refractivity contribution in [3.05, 3.63) is 12.2 Å². The summed E-state index contributed by atoms with van der Waals surface area (Å²) in [6, 6.07) is -0.901. The molecule has 0 bridgehead atoms. The quantitative estimate of drug-likeness (QED) is 0.670. The van der Waals surface area contributed by atoms with E-state index in [1.54, 1.807) is 14.0 Å². The zero-order valence-electron chi connectivity index (χ0n) is 10.5. The van der Waals surface area contributed by atoms with Crippen LogP contribution >= 0.6 is 0 Å². The normalized spacial score (nSPS) is 13.7. The Morgan fingerprint density at radius 2 is 2.17 bits per heavy atom. The Kier molecular flexibility index (Phi) is 4.64. The summed E-state index contributed by atoms with van der Waals surface area (Å²) in [4.78, 5) is 26.1. The summed E-state index contributed by atoms with van der Waals surface area (Å²) >= 11 is 0. The van der Waals surface area contributed by atoms with Gasteiger partial charge < -0.3 is 15.7 Å². The molecule has 0 saturated carbocycles. The zero-order chi connectivity index (χ0) is 13.7. The van der Waals surface area contributed by atoms with Crippen molar-refractivity contribution in [2.24, 2.45) is 13.0 Å². The third kappa shape index (κ3) is 4.04. The number of rotatable bonds is 5. The molecular formula is C10H17N5O3. The number of nitrogens with one attached hydrogen (secondary N) is 2. The van der Waals surface area contributed by atoms with Crippen molar-refractivity contribution in [2.75, 3.05) is 0 Å². The lowest BCUT2D eigenvalue weighted by molar-refractivity contribution is -0.141. The first-order valence-electron chi connectivity index (χ1n) is 5.52. The molecule has 0 aromatic carbocycles. The molecule has 2 atom stereocenters. The van der Waals surface area contributed by atoms with E-state index in [9.17, 15) is 9.59 Å². The van der Waals surface area contributed by atoms with Crippen molar-refractivity contribution in [3.63, 3.8) is 0 Å². The van der Waals surface area contributed by atoms with Gasteiger partial charge in [0, 0.05) is 13.1 Å². The number of urea groups is 1. The SMILES string of the molecule is CC(NC(=O)NCc1ncn(C)n1)C(C)C(=O)O. The molecule has 0 aliphatic rings. The third-order valence-corrected chi connectivity index (χ3v) is 2.55. The maximum atomic E-state index is 11.5. The highest BCUT2D eigenvalue weighted by Crippen LogP contribution is 2.01. The summed E-state index contributed by atoms with van der Waals surface area (Å²) in [5, 5.41) is 17.9. The van der Waals surface area contributed by atoms with Gasteiger partial charge in [-0.15, -0.1) is 0 Å². The fraction of sp³-hybridized carbons (Fsp3) is 0.600. The monoisotopic (exact) mass is 255 g/mol. The lowest BCUT2D eigenvalue weighted by Gasteiger charge is -2.17. The Morgan fingerprint density at radius 1 is 1.50 bits per heavy atom. The molecule has 100 valence electrons. The maximum absolute atomic E-state index is 11.5. The van der Waals surface area contributed by atoms with Crippen molar-refractivity contribution in [2.45, 2.75) is 26.4 Å². The number of hydrogen-bond donors (Lipinski definition) is 3. The molecule has 0 saturated heterocycles. The molecule has 18 heavy (non-hydrogen) atoms. The van der Waals surface area contributed by atoms with Gasteiger partial charge in [0.25, 0.3) is 0 Å². The summed E-state index contributed by atoms with van der Waals surface area (Å²) < 4.78 is 1.53. The smallest absolute Gasteiger partial charge is 0.315 e. The van der Waals surface area contributed by atoms with E-state index in [0.717, 1.165) is 0 Å². The molecule has 1 rings (SSSR count). The van der Waals surface area contributed by atoms with Crippen LogP contribution in [0.2, 0.25) is 0 Å². The first kappa shape index (κ1) is 13.9. The van der Waals surface area contributed by atoms with Crippen molar-refractivity contribution in [1.82, 2.24) is 25.4 Å². The number of aryl methyl sites for hydroxylation is 1. The van der Waals surface area contributed by atoms with Gasteiger partial charge in [0.1, 0.15) is 6.33 Å². The van der Waals surface area contributed by atoms with Crippen LogP contribution in [0, 0.1) is 5.92 Å². The number of hydrogen-bond acceptors (Lipinski definition) is 4. The predicted octanol–water partition coefficient (Wildman–Crippen LogP) is -0.277. The first-order valence-corrected chi connectivity index (χ1v) is 5.52. The van der Waals surface area contributed by atoms with Gasteiger partial charge in [0.2, 0.25) is 0 Å². The van der Waals surface area contributed by atoms with E-state index in [-0.39, 0.29) is 6.54 Å². The van der Waals surface area contributed by atoms with Gasteiger partial charge in [-0.25, -0.2) is 9.78 Å². The summed E-state index contributed by atoms with van der Waals surface area (Å²) in [5.41, 5.74) is 0. The van der Waals surface area contributed by atoms with Crippen LogP contribution < -0.4 is 10.6 Å². The van der Waals surface area contributed by atoms with E-state index in [4.69, 9.17) is 5.11 Å². The molecule has 0 aliphatic carbocycles. The largest absolute Gasteiger partial charge is 0.481 e. The highest BCUT2D eigenvalue weighted by molar-refractivity contribution is 5.76. The van der Waals surface area contributed by atoms with Gasteiger partial charge in [-0.05, 0) is 13.8 Å². The second-order valence-corrected chi connectivity index (χ2v) is 4.08. The number of carbonyl (C=O) groups excluding carboxylic acids is 1. The third-order valence-electron chi connectivity index (χ3n) is 2.55. The average Bonchev–Trinajstić information content (AvgIpc) is 2.71. The molecule has 0 radical (unpaired) electrons. The Hall–Kier alpha value is -2.12. The van der Waals surface area contributed by atoms with E-state index < -0.39 is 24.0 Å². The van der Waals surface area contributed by atoms with Crippen molar-refractivity contribution in [3.8, 4) is 0 Å². The minimum Gasteiger partial charge on any atom is -0.481 e. The predicted molar refractivity (Wildman–Crippen MR) is 62.6 cm³/mol. The lowest BCUT2D eigenvalue weighted by Crippen LogP contribution is -2.45. The van der Waals surface area contributed by atoms with Gasteiger partial charge >= 0.3 is 12.0 Å². The Morgan fingerprint density at radius 3 is 2.67 bits per heavy atom. The summed E-state index contributed by atoms with van der Waals surface area (Å²) in [6.07, 6.45) is 1.53. The lowest BCUT2D eigenvalue weighted by atomic mass is 10.0. The summed E-state index contributed by atoms with van der Waals surface area (Å²) in [7, 11) is 1.73. The highest BCUT2D eigenvalue weighted by Gasteiger charge is 2.20. The fourth-order valence-electron chi connectivity index (χ4n) is 1.22. The van der Waals surface area contributed by atoms with Crippen molar-refractivity contribution < 1.29 is 14.7 Å². The second-order valence-electron chi connectivity index (χ2n) is 4.08. The van der Waals surface area contributed by atoms with Crippen molar-refractivity contribution in [1.29, 1.82) is 0 Å². The number of nitrogens with zero attached hydrogens (tertiary/aromatic N) is 3. The highest BCUT2D eigenvalue weighted by atomic mass is 16.4. The molecule has 2 amide bonds. The van der Waals surface area contributed by atoms with E-state index in [1.807, 2.05) is 0 Å². The van der Waals surface area contributed by atoms with Crippen LogP contribution in [0.25, 0.3) is 0 Å². The van der Waals surface area contributed by atoms with E-state index in [0.29, 0.717) is 5.82 Å². The Balaban J connectivity index is 2.35.